The van der Waals surface area contributed by atoms with Gasteiger partial charge in [0.1, 0.15) is 0 Å². The highest BCUT2D eigenvalue weighted by Gasteiger charge is 2.55. The van der Waals surface area contributed by atoms with Crippen LogP contribution in [0.25, 0.3) is 0 Å². The molecule has 2 N–H and O–H groups in total. The predicted molar refractivity (Wildman–Crippen MR) is 159 cm³/mol. The van der Waals surface area contributed by atoms with Crippen LogP contribution < -0.4 is 15.3 Å². The average molecular weight is 566 g/mol. The maximum absolute atomic E-state index is 15.8. The van der Waals surface area contributed by atoms with E-state index in [2.05, 4.69) is 20.8 Å². The van der Waals surface area contributed by atoms with Crippen molar-refractivity contribution in [3.05, 3.63) is 89.5 Å². The van der Waals surface area contributed by atoms with Gasteiger partial charge in [0.25, 0.3) is 0 Å². The fourth-order valence-corrected chi connectivity index (χ4v) is 12.5. The Balaban J connectivity index is 1.84. The molecule has 4 nitrogen and oxygen atoms in total. The van der Waals surface area contributed by atoms with Crippen LogP contribution in [0.5, 0.6) is 0 Å². The normalized spacial score (nSPS) is 21.8. The molecule has 2 unspecified atom stereocenters. The van der Waals surface area contributed by atoms with Crippen LogP contribution in [-0.4, -0.2) is 43.6 Å². The van der Waals surface area contributed by atoms with Gasteiger partial charge in [-0.25, -0.2) is 8.78 Å². The van der Waals surface area contributed by atoms with Crippen molar-refractivity contribution in [3.63, 3.8) is 0 Å². The summed E-state index contributed by atoms with van der Waals surface area (Å²) in [6.45, 7) is 11.2. The summed E-state index contributed by atoms with van der Waals surface area (Å²) in [5, 5.41) is 25.8. The highest BCUT2D eigenvalue weighted by molar-refractivity contribution is 7.04. The number of anilines is 1. The molecule has 2 fully saturated rings. The number of halogens is 2. The van der Waals surface area contributed by atoms with E-state index in [1.165, 1.54) is 6.07 Å². The minimum atomic E-state index is -3.21. The van der Waals surface area contributed by atoms with Crippen molar-refractivity contribution in [1.29, 1.82) is 0 Å². The van der Waals surface area contributed by atoms with Gasteiger partial charge in [0.05, 0.1) is 29.7 Å². The van der Waals surface area contributed by atoms with Gasteiger partial charge in [-0.15, -0.1) is 0 Å². The molecule has 1 saturated carbocycles. The Bertz CT molecular complexity index is 1280. The van der Waals surface area contributed by atoms with E-state index in [1.54, 1.807) is 0 Å². The van der Waals surface area contributed by atoms with Crippen molar-refractivity contribution in [2.75, 3.05) is 18.0 Å². The first kappa shape index (κ1) is 28.9. The molecule has 4 atom stereocenters. The second kappa shape index (κ2) is 11.0. The van der Waals surface area contributed by atoms with Gasteiger partial charge in [0.2, 0.25) is 0 Å². The number of hydrogen-bond acceptors (Lipinski definition) is 4. The third-order valence-electron chi connectivity index (χ3n) is 8.70. The van der Waals surface area contributed by atoms with Gasteiger partial charge in [-0.1, -0.05) is 91.8 Å². The van der Waals surface area contributed by atoms with Gasteiger partial charge in [-0.3, -0.25) is 0 Å². The van der Waals surface area contributed by atoms with Gasteiger partial charge in [0, 0.05) is 24.2 Å². The van der Waals surface area contributed by atoms with E-state index in [-0.39, 0.29) is 23.7 Å². The van der Waals surface area contributed by atoms with Crippen LogP contribution in [0.3, 0.4) is 0 Å². The first-order valence-corrected chi connectivity index (χ1v) is 16.4. The molecule has 7 heteroatoms. The molecule has 0 spiro atoms. The zero-order valence-corrected chi connectivity index (χ0v) is 25.1. The molecule has 40 heavy (non-hydrogen) atoms. The van der Waals surface area contributed by atoms with Crippen molar-refractivity contribution < 1.29 is 23.7 Å². The lowest BCUT2D eigenvalue weighted by Gasteiger charge is -2.48. The van der Waals surface area contributed by atoms with Gasteiger partial charge in [-0.2, -0.15) is 0 Å². The van der Waals surface area contributed by atoms with Gasteiger partial charge in [-0.05, 0) is 43.7 Å². The molecule has 3 aromatic rings. The Morgan fingerprint density at radius 1 is 0.875 bits per heavy atom. The van der Waals surface area contributed by atoms with Crippen LogP contribution in [0.15, 0.2) is 66.7 Å². The lowest BCUT2D eigenvalue weighted by molar-refractivity contribution is -0.00560. The molecule has 1 aliphatic heterocycles. The summed E-state index contributed by atoms with van der Waals surface area (Å²) in [5.41, 5.74) is -0.415. The molecule has 0 amide bonds. The summed E-state index contributed by atoms with van der Waals surface area (Å²) in [5.74, 6) is -2.19. The van der Waals surface area contributed by atoms with Gasteiger partial charge in [0.15, 0.2) is 19.7 Å². The lowest BCUT2D eigenvalue weighted by Crippen LogP contribution is -2.68. The fraction of sp³-hybridized carbons (Fsp3) is 0.455. The van der Waals surface area contributed by atoms with E-state index < -0.39 is 36.6 Å². The molecule has 0 aromatic heterocycles. The smallest absolute Gasteiger partial charge is 0.166 e. The Morgan fingerprint density at radius 3 is 1.82 bits per heavy atom. The standard InChI is InChI=1S/C33H41F2NO3Si/c1-21-19-36(20-22(2)39-21)30-26(18-27(34)29(35)28(30)31(37)23-16-17-23)32(38)40(33(3,4)5,24-12-8-6-9-13-24)25-14-10-7-11-15-25/h6-15,18,21-23,31-32,37-38H,16-17,19-20H2,1-5H3/t21-,22+,31?,32?. The Morgan fingerprint density at radius 2 is 1.38 bits per heavy atom. The van der Waals surface area contributed by atoms with E-state index in [0.29, 0.717) is 24.3 Å². The van der Waals surface area contributed by atoms with Crippen LogP contribution in [0.1, 0.15) is 70.4 Å². The van der Waals surface area contributed by atoms with Crippen molar-refractivity contribution >= 4 is 24.1 Å². The van der Waals surface area contributed by atoms with Gasteiger partial charge < -0.3 is 19.8 Å². The topological polar surface area (TPSA) is 52.9 Å². The summed E-state index contributed by atoms with van der Waals surface area (Å²) in [4.78, 5) is 2.00. The van der Waals surface area contributed by atoms with E-state index >= 15 is 8.78 Å². The molecule has 1 saturated heterocycles. The van der Waals surface area contributed by atoms with Crippen LogP contribution in [0.4, 0.5) is 14.5 Å². The summed E-state index contributed by atoms with van der Waals surface area (Å²) in [6, 6.07) is 21.2. The minimum absolute atomic E-state index is 0.0317. The molecule has 1 heterocycles. The second-order valence-corrected chi connectivity index (χ2v) is 17.5. The van der Waals surface area contributed by atoms with Crippen molar-refractivity contribution in [3.8, 4) is 0 Å². The Labute approximate surface area is 237 Å². The number of benzene rings is 3. The Hall–Kier alpha value is -2.58. The molecular formula is C33H41F2NO3Si. The number of hydrogen-bond donors (Lipinski definition) is 2. The molecular weight excluding hydrogens is 524 g/mol. The maximum Gasteiger partial charge on any atom is 0.166 e. The number of ether oxygens (including phenoxy) is 1. The maximum atomic E-state index is 15.8. The quantitative estimate of drug-likeness (QED) is 0.363. The zero-order chi connectivity index (χ0) is 28.8. The average Bonchev–Trinajstić information content (AvgIpc) is 3.75. The van der Waals surface area contributed by atoms with E-state index in [9.17, 15) is 10.2 Å². The minimum Gasteiger partial charge on any atom is -0.391 e. The molecule has 1 aliphatic carbocycles. The number of aliphatic hydroxyl groups is 2. The molecule has 3 aromatic carbocycles. The highest BCUT2D eigenvalue weighted by atomic mass is 28.3. The second-order valence-electron chi connectivity index (χ2n) is 12.7. The summed E-state index contributed by atoms with van der Waals surface area (Å²) < 4.78 is 37.4. The van der Waals surface area contributed by atoms with Crippen molar-refractivity contribution in [1.82, 2.24) is 0 Å². The summed E-state index contributed by atoms with van der Waals surface area (Å²) in [7, 11) is -3.21. The highest BCUT2D eigenvalue weighted by Crippen LogP contribution is 2.50. The molecule has 214 valence electrons. The molecule has 0 radical (unpaired) electrons. The first-order chi connectivity index (χ1) is 19.0. The molecule has 5 rings (SSSR count). The third-order valence-corrected chi connectivity index (χ3v) is 14.7. The van der Waals surface area contributed by atoms with Crippen molar-refractivity contribution in [2.24, 2.45) is 5.92 Å². The van der Waals surface area contributed by atoms with Crippen LogP contribution in [0, 0.1) is 17.6 Å². The number of morpholine rings is 1. The monoisotopic (exact) mass is 565 g/mol. The lowest BCUT2D eigenvalue weighted by atomic mass is 9.96. The fourth-order valence-electron chi connectivity index (χ4n) is 6.89. The number of aliphatic hydroxyl groups excluding tert-OH is 2. The third kappa shape index (κ3) is 5.02. The van der Waals surface area contributed by atoms with Crippen LogP contribution >= 0.6 is 0 Å². The molecule has 0 bridgehead atoms. The van der Waals surface area contributed by atoms with Gasteiger partial charge >= 0.3 is 0 Å². The predicted octanol–water partition coefficient (Wildman–Crippen LogP) is 5.66. The van der Waals surface area contributed by atoms with Crippen LogP contribution in [-0.2, 0) is 4.74 Å². The molecule has 2 aliphatic rings. The number of rotatable bonds is 7. The SMILES string of the molecule is C[C@@H]1CN(c2c(C(O)[Si](c3ccccc3)(c3ccccc3)C(C)(C)C)cc(F)c(F)c2C(O)C2CC2)C[C@H](C)O1. The van der Waals surface area contributed by atoms with E-state index in [0.717, 1.165) is 23.2 Å². The Kier molecular flexibility index (Phi) is 7.96. The summed E-state index contributed by atoms with van der Waals surface area (Å²) in [6.07, 6.45) is 0.0727. The first-order valence-electron chi connectivity index (χ1n) is 14.4. The largest absolute Gasteiger partial charge is 0.391 e. The summed E-state index contributed by atoms with van der Waals surface area (Å²) >= 11 is 0. The van der Waals surface area contributed by atoms with Crippen molar-refractivity contribution in [2.45, 2.75) is 76.5 Å². The zero-order valence-electron chi connectivity index (χ0n) is 24.1. The van der Waals surface area contributed by atoms with E-state index in [4.69, 9.17) is 4.74 Å². The number of nitrogens with zero attached hydrogens (tertiary/aromatic N) is 1. The van der Waals surface area contributed by atoms with Crippen LogP contribution in [0.2, 0.25) is 5.04 Å². The van der Waals surface area contributed by atoms with E-state index in [1.807, 2.05) is 79.4 Å².